The van der Waals surface area contributed by atoms with Crippen molar-refractivity contribution in [2.75, 3.05) is 21.0 Å². The van der Waals surface area contributed by atoms with Crippen molar-refractivity contribution in [1.82, 2.24) is 0 Å². The van der Waals surface area contributed by atoms with E-state index in [1.165, 1.54) is 33.3 Å². The molecule has 0 bridgehead atoms. The first-order chi connectivity index (χ1) is 24.0. The predicted octanol–water partition coefficient (Wildman–Crippen LogP) is 5.33. The molecule has 1 aliphatic rings. The summed E-state index contributed by atoms with van der Waals surface area (Å²) >= 11 is 0. The summed E-state index contributed by atoms with van der Waals surface area (Å²) in [6.07, 6.45) is -1.58. The molecule has 0 aromatic heterocycles. The minimum absolute atomic E-state index is 0.00126. The fraction of sp³-hybridized carbons (Fsp3) is 0.263. The largest absolute Gasteiger partial charge is 0.504 e. The van der Waals surface area contributed by atoms with Crippen LogP contribution in [0, 0.1) is 0 Å². The van der Waals surface area contributed by atoms with Gasteiger partial charge in [-0.2, -0.15) is 0 Å². The smallest absolute Gasteiger partial charge is 0.338 e. The van der Waals surface area contributed by atoms with E-state index in [0.717, 1.165) is 0 Å². The molecule has 0 saturated heterocycles. The highest BCUT2D eigenvalue weighted by molar-refractivity contribution is 6.38. The second-order valence-electron chi connectivity index (χ2n) is 12.3. The molecule has 2 atom stereocenters. The quantitative estimate of drug-likeness (QED) is 0.115. The Labute approximate surface area is 283 Å². The molecule has 0 saturated carbocycles. The Hall–Kier alpha value is -6.04. The van der Waals surface area contributed by atoms with Gasteiger partial charge in [-0.05, 0) is 36.8 Å². The summed E-state index contributed by atoms with van der Waals surface area (Å²) in [5, 5.41) is 25.3. The average molecular weight is 681 g/mol. The molecule has 6 aromatic rings. The summed E-state index contributed by atoms with van der Waals surface area (Å²) in [5.74, 6) is -1.82. The van der Waals surface area contributed by atoms with Gasteiger partial charge in [-0.15, -0.1) is 0 Å². The highest BCUT2D eigenvalue weighted by atomic mass is 16.7. The summed E-state index contributed by atoms with van der Waals surface area (Å²) in [4.78, 5) is 52.8. The second-order valence-corrected chi connectivity index (χ2v) is 12.3. The van der Waals surface area contributed by atoms with E-state index < -0.39 is 46.5 Å². The van der Waals surface area contributed by atoms with Gasteiger partial charge in [0.25, 0.3) is 0 Å². The van der Waals surface area contributed by atoms with Gasteiger partial charge in [0, 0.05) is 64.6 Å². The number of benzene rings is 6. The minimum Gasteiger partial charge on any atom is -0.504 e. The molecule has 12 heteroatoms. The third-order valence-electron chi connectivity index (χ3n) is 9.07. The zero-order chi connectivity index (χ0) is 35.6. The molecule has 0 radical (unpaired) electrons. The van der Waals surface area contributed by atoms with Crippen LogP contribution in [0.1, 0.15) is 42.3 Å². The summed E-state index contributed by atoms with van der Waals surface area (Å²) in [6.45, 7) is 4.28. The van der Waals surface area contributed by atoms with Crippen LogP contribution in [0.3, 0.4) is 0 Å². The number of methoxy groups -OCH3 is 2. The number of rotatable bonds is 9. The first kappa shape index (κ1) is 32.5. The number of ether oxygens (including phenoxy) is 6. The number of hydrogen-bond acceptors (Lipinski definition) is 12. The number of fused-ring (bicyclic) bond motifs is 1. The van der Waals surface area contributed by atoms with E-state index in [4.69, 9.17) is 28.4 Å². The minimum atomic E-state index is -0.806. The van der Waals surface area contributed by atoms with Crippen molar-refractivity contribution in [1.29, 1.82) is 0 Å². The molecule has 6 aromatic carbocycles. The van der Waals surface area contributed by atoms with Crippen LogP contribution in [0.4, 0.5) is 0 Å². The van der Waals surface area contributed by atoms with Gasteiger partial charge in [-0.3, -0.25) is 14.4 Å². The fourth-order valence-electron chi connectivity index (χ4n) is 7.31. The van der Waals surface area contributed by atoms with Crippen LogP contribution in [0.2, 0.25) is 0 Å². The highest BCUT2D eigenvalue weighted by Gasteiger charge is 2.34. The lowest BCUT2D eigenvalue weighted by molar-refractivity contribution is -0.145. The van der Waals surface area contributed by atoms with E-state index in [1.54, 1.807) is 44.2 Å². The van der Waals surface area contributed by atoms with Gasteiger partial charge in [0.05, 0.1) is 30.6 Å². The monoisotopic (exact) mass is 680 g/mol. The average Bonchev–Trinajstić information content (AvgIpc) is 3.24. The van der Waals surface area contributed by atoms with Crippen molar-refractivity contribution in [3.8, 4) is 34.5 Å². The normalized spacial score (nSPS) is 13.6. The van der Waals surface area contributed by atoms with Crippen molar-refractivity contribution in [3.05, 3.63) is 79.6 Å². The maximum atomic E-state index is 13.9. The molecular weight excluding hydrogens is 648 g/mol. The van der Waals surface area contributed by atoms with Crippen LogP contribution in [-0.2, 0) is 27.1 Å². The Balaban J connectivity index is 1.69. The molecule has 0 aliphatic carbocycles. The number of hydrogen-bond donors (Lipinski definition) is 2. The number of phenolic OH excluding ortho intramolecular Hbond substituents is 2. The third kappa shape index (κ3) is 4.89. The number of carbonyl (C=O) groups excluding carboxylic acids is 2. The molecule has 1 aliphatic heterocycles. The predicted molar refractivity (Wildman–Crippen MR) is 184 cm³/mol. The van der Waals surface area contributed by atoms with Crippen LogP contribution in [0.15, 0.2) is 52.1 Å². The molecule has 256 valence electrons. The van der Waals surface area contributed by atoms with Crippen LogP contribution in [-0.4, -0.2) is 55.4 Å². The van der Waals surface area contributed by atoms with E-state index in [0.29, 0.717) is 38.2 Å². The number of esters is 2. The maximum Gasteiger partial charge on any atom is 0.338 e. The lowest BCUT2D eigenvalue weighted by Crippen LogP contribution is -2.19. The number of carbonyl (C=O) groups is 2. The van der Waals surface area contributed by atoms with Gasteiger partial charge in [-0.1, -0.05) is 18.2 Å². The first-order valence-corrected chi connectivity index (χ1v) is 15.8. The van der Waals surface area contributed by atoms with E-state index >= 15 is 0 Å². The molecule has 12 nitrogen and oxygen atoms in total. The van der Waals surface area contributed by atoms with Crippen molar-refractivity contribution < 1.29 is 48.2 Å². The fourth-order valence-corrected chi connectivity index (χ4v) is 7.31. The maximum absolute atomic E-state index is 13.9. The molecule has 0 amide bonds. The van der Waals surface area contributed by atoms with Gasteiger partial charge >= 0.3 is 11.9 Å². The van der Waals surface area contributed by atoms with Gasteiger partial charge in [0.1, 0.15) is 23.7 Å². The summed E-state index contributed by atoms with van der Waals surface area (Å²) < 4.78 is 34.7. The van der Waals surface area contributed by atoms with Crippen molar-refractivity contribution in [3.63, 3.8) is 0 Å². The Bertz CT molecular complexity index is 2470. The number of phenols is 2. The summed E-state index contributed by atoms with van der Waals surface area (Å²) in [6, 6.07) is 10.9. The van der Waals surface area contributed by atoms with Gasteiger partial charge in [-0.25, -0.2) is 4.79 Å². The Kier molecular flexibility index (Phi) is 7.89. The lowest BCUT2D eigenvalue weighted by atomic mass is 9.81. The van der Waals surface area contributed by atoms with E-state index in [-0.39, 0.29) is 64.2 Å². The molecular formula is C38H32O12. The van der Waals surface area contributed by atoms with Crippen LogP contribution >= 0.6 is 0 Å². The standard InChI is InChI=1S/C38H32O12/c1-16(49-18(3)39)11-20-26-27-21(12-17(2)50-38(44)19-9-7-6-8-10-19)37(46-5)35(43)29-23(41)14-25-31(33(27)29)30-24(47-15-48-25)13-22(40)28(32(26)30)34(42)36(20)45-4/h6-10,13-14,16-17,42-43H,11-12,15H2,1-5H3/t16-,17-/m1/s1. The number of aromatic hydroxyl groups is 2. The molecule has 0 unspecified atom stereocenters. The second kappa shape index (κ2) is 12.1. The molecule has 0 spiro atoms. The molecule has 7 rings (SSSR count). The van der Waals surface area contributed by atoms with Crippen LogP contribution < -0.4 is 29.8 Å². The zero-order valence-electron chi connectivity index (χ0n) is 27.8. The SMILES string of the molecule is COc1c(O)c2c(=O)cc3c4c5c(cc(=O)c6c(O)c(OC)c(C[C@@H](C)OC(=O)c7ccccc7)c(c(c1C[C@@H](C)OC(C)=O)c24)c65)OCO3. The topological polar surface area (TPSA) is 164 Å². The third-order valence-corrected chi connectivity index (χ3v) is 9.07. The van der Waals surface area contributed by atoms with E-state index in [1.807, 2.05) is 0 Å². The van der Waals surface area contributed by atoms with Gasteiger partial charge in [0.15, 0.2) is 33.9 Å². The van der Waals surface area contributed by atoms with Gasteiger partial charge in [0.2, 0.25) is 6.79 Å². The summed E-state index contributed by atoms with van der Waals surface area (Å²) in [7, 11) is 2.67. The van der Waals surface area contributed by atoms with E-state index in [9.17, 15) is 29.4 Å². The Morgan fingerprint density at radius 3 is 1.60 bits per heavy atom. The van der Waals surface area contributed by atoms with Gasteiger partial charge < -0.3 is 38.6 Å². The van der Waals surface area contributed by atoms with Crippen molar-refractivity contribution in [2.45, 2.75) is 45.8 Å². The Morgan fingerprint density at radius 2 is 1.16 bits per heavy atom. The molecule has 2 N–H and O–H groups in total. The highest BCUT2D eigenvalue weighted by Crippen LogP contribution is 2.56. The van der Waals surface area contributed by atoms with Crippen LogP contribution in [0.25, 0.3) is 43.1 Å². The van der Waals surface area contributed by atoms with Crippen molar-refractivity contribution >= 4 is 55.0 Å². The van der Waals surface area contributed by atoms with E-state index in [2.05, 4.69) is 0 Å². The van der Waals surface area contributed by atoms with Crippen LogP contribution in [0.5, 0.6) is 34.5 Å². The molecule has 50 heavy (non-hydrogen) atoms. The first-order valence-electron chi connectivity index (χ1n) is 15.8. The lowest BCUT2D eigenvalue weighted by Gasteiger charge is -2.26. The zero-order valence-corrected chi connectivity index (χ0v) is 27.8. The molecule has 0 fully saturated rings. The van der Waals surface area contributed by atoms with Crippen molar-refractivity contribution in [2.24, 2.45) is 0 Å². The summed E-state index contributed by atoms with van der Waals surface area (Å²) in [5.41, 5.74) is -0.130. The molecule has 1 heterocycles. The Morgan fingerprint density at radius 1 is 0.700 bits per heavy atom.